The molecule has 1 aromatic carbocycles. The first-order chi connectivity index (χ1) is 11.2. The molecule has 0 saturated carbocycles. The summed E-state index contributed by atoms with van der Waals surface area (Å²) >= 11 is 0. The number of carbonyl (C=O) groups is 1. The minimum atomic E-state index is -0.106. The van der Waals surface area contributed by atoms with Crippen LogP contribution in [0.5, 0.6) is 0 Å². The second kappa shape index (κ2) is 6.91. The molecule has 2 N–H and O–H groups in total. The van der Waals surface area contributed by atoms with Crippen LogP contribution in [0.3, 0.4) is 0 Å². The normalized spacial score (nSPS) is 18.4. The van der Waals surface area contributed by atoms with Crippen molar-refractivity contribution in [2.24, 2.45) is 0 Å². The van der Waals surface area contributed by atoms with Gasteiger partial charge >= 0.3 is 0 Å². The van der Waals surface area contributed by atoms with E-state index < -0.39 is 0 Å². The van der Waals surface area contributed by atoms with Gasteiger partial charge in [0.25, 0.3) is 5.56 Å². The van der Waals surface area contributed by atoms with Crippen molar-refractivity contribution in [2.75, 3.05) is 13.1 Å². The van der Waals surface area contributed by atoms with Crippen molar-refractivity contribution >= 4 is 16.8 Å². The summed E-state index contributed by atoms with van der Waals surface area (Å²) in [6.45, 7) is 4.09. The third-order valence-corrected chi connectivity index (χ3v) is 4.31. The average molecular weight is 314 g/mol. The van der Waals surface area contributed by atoms with Gasteiger partial charge in [-0.1, -0.05) is 12.1 Å². The van der Waals surface area contributed by atoms with Crippen molar-refractivity contribution < 1.29 is 4.79 Å². The predicted octanol–water partition coefficient (Wildman–Crippen LogP) is 1.41. The molecule has 1 aliphatic heterocycles. The number of fused-ring (bicyclic) bond motifs is 1. The first kappa shape index (κ1) is 15.7. The van der Waals surface area contributed by atoms with Gasteiger partial charge in [-0.25, -0.2) is 4.98 Å². The van der Waals surface area contributed by atoms with Crippen LogP contribution < -0.4 is 10.9 Å². The highest BCUT2D eigenvalue weighted by Crippen LogP contribution is 2.21. The van der Waals surface area contributed by atoms with E-state index in [2.05, 4.69) is 20.2 Å². The average Bonchev–Trinajstić information content (AvgIpc) is 2.94. The monoisotopic (exact) mass is 314 g/mol. The maximum atomic E-state index is 12.1. The lowest BCUT2D eigenvalue weighted by Crippen LogP contribution is -2.35. The maximum Gasteiger partial charge on any atom is 0.258 e. The lowest BCUT2D eigenvalue weighted by molar-refractivity contribution is -0.122. The first-order valence-corrected chi connectivity index (χ1v) is 8.16. The summed E-state index contributed by atoms with van der Waals surface area (Å²) in [5.74, 6) is 0.751. The number of carbonyl (C=O) groups excluding carboxylic acids is 1. The molecule has 1 aromatic heterocycles. The van der Waals surface area contributed by atoms with Crippen molar-refractivity contribution in [2.45, 2.75) is 38.8 Å². The molecular formula is C17H22N4O2. The summed E-state index contributed by atoms with van der Waals surface area (Å²) < 4.78 is 0. The highest BCUT2D eigenvalue weighted by Gasteiger charge is 2.27. The van der Waals surface area contributed by atoms with Crippen LogP contribution in [0.1, 0.15) is 32.0 Å². The van der Waals surface area contributed by atoms with E-state index in [0.29, 0.717) is 36.2 Å². The van der Waals surface area contributed by atoms with Crippen LogP contribution in [0.4, 0.5) is 0 Å². The Morgan fingerprint density at radius 2 is 2.26 bits per heavy atom. The summed E-state index contributed by atoms with van der Waals surface area (Å²) in [5.41, 5.74) is 0.607. The Morgan fingerprint density at radius 3 is 3.09 bits per heavy atom. The first-order valence-electron chi connectivity index (χ1n) is 8.16. The minimum Gasteiger partial charge on any atom is -0.356 e. The third-order valence-electron chi connectivity index (χ3n) is 4.31. The van der Waals surface area contributed by atoms with Gasteiger partial charge in [-0.05, 0) is 38.4 Å². The summed E-state index contributed by atoms with van der Waals surface area (Å²) in [5, 5.41) is 3.46. The van der Waals surface area contributed by atoms with Crippen molar-refractivity contribution in [1.82, 2.24) is 20.2 Å². The molecule has 1 unspecified atom stereocenters. The molecule has 0 aliphatic carbocycles. The van der Waals surface area contributed by atoms with Crippen LogP contribution in [-0.2, 0) is 11.3 Å². The summed E-state index contributed by atoms with van der Waals surface area (Å²) in [4.78, 5) is 33.6. The van der Waals surface area contributed by atoms with Crippen LogP contribution in [0.2, 0.25) is 0 Å². The number of hydrogen-bond acceptors (Lipinski definition) is 4. The van der Waals surface area contributed by atoms with Gasteiger partial charge in [0.1, 0.15) is 5.82 Å². The van der Waals surface area contributed by atoms with E-state index in [1.165, 1.54) is 0 Å². The van der Waals surface area contributed by atoms with Crippen LogP contribution >= 0.6 is 0 Å². The molecule has 0 radical (unpaired) electrons. The zero-order chi connectivity index (χ0) is 16.2. The molecule has 1 saturated heterocycles. The molecule has 1 aliphatic rings. The zero-order valence-corrected chi connectivity index (χ0v) is 13.3. The maximum absolute atomic E-state index is 12.1. The number of hydrogen-bond donors (Lipinski definition) is 2. The topological polar surface area (TPSA) is 78.1 Å². The van der Waals surface area contributed by atoms with Crippen molar-refractivity contribution in [3.8, 4) is 0 Å². The van der Waals surface area contributed by atoms with Crippen molar-refractivity contribution in [1.29, 1.82) is 0 Å². The van der Waals surface area contributed by atoms with Gasteiger partial charge < -0.3 is 10.3 Å². The Kier molecular flexibility index (Phi) is 4.71. The quantitative estimate of drug-likeness (QED) is 0.875. The molecule has 23 heavy (non-hydrogen) atoms. The van der Waals surface area contributed by atoms with E-state index in [-0.39, 0.29) is 17.5 Å². The number of aromatic nitrogens is 2. The lowest BCUT2D eigenvalue weighted by atomic mass is 10.1. The summed E-state index contributed by atoms with van der Waals surface area (Å²) in [7, 11) is 0. The summed E-state index contributed by atoms with van der Waals surface area (Å²) in [6, 6.07) is 7.56. The predicted molar refractivity (Wildman–Crippen MR) is 89.1 cm³/mol. The van der Waals surface area contributed by atoms with E-state index in [1.807, 2.05) is 25.1 Å². The molecule has 1 atom stereocenters. The number of rotatable bonds is 5. The molecule has 0 spiro atoms. The van der Waals surface area contributed by atoms with Crippen LogP contribution in [-0.4, -0.2) is 39.9 Å². The van der Waals surface area contributed by atoms with Crippen LogP contribution in [0, 0.1) is 0 Å². The molecule has 3 rings (SSSR count). The van der Waals surface area contributed by atoms with Gasteiger partial charge in [0, 0.05) is 19.0 Å². The van der Waals surface area contributed by atoms with E-state index in [9.17, 15) is 9.59 Å². The van der Waals surface area contributed by atoms with Gasteiger partial charge in [-0.15, -0.1) is 0 Å². The third kappa shape index (κ3) is 3.59. The Hall–Kier alpha value is -2.21. The van der Waals surface area contributed by atoms with Gasteiger partial charge in [0.2, 0.25) is 5.91 Å². The number of nitrogens with zero attached hydrogens (tertiary/aromatic N) is 2. The number of aromatic amines is 1. The SMILES string of the molecule is CCNC(=O)CC1CCCN1Cc1nc2ccccc2c(=O)[nH]1. The van der Waals surface area contributed by atoms with Crippen molar-refractivity contribution in [3.05, 3.63) is 40.4 Å². The fourth-order valence-corrected chi connectivity index (χ4v) is 3.22. The van der Waals surface area contributed by atoms with Gasteiger partial charge in [-0.3, -0.25) is 14.5 Å². The largest absolute Gasteiger partial charge is 0.356 e. The standard InChI is InChI=1S/C17H22N4O2/c1-2-18-16(22)10-12-6-5-9-21(12)11-15-19-14-8-4-3-7-13(14)17(23)20-15/h3-4,7-8,12H,2,5-6,9-11H2,1H3,(H,18,22)(H,19,20,23). The molecule has 2 aromatic rings. The number of nitrogens with one attached hydrogen (secondary N) is 2. The highest BCUT2D eigenvalue weighted by atomic mass is 16.1. The van der Waals surface area contributed by atoms with Gasteiger partial charge in [0.15, 0.2) is 0 Å². The van der Waals surface area contributed by atoms with E-state index >= 15 is 0 Å². The molecule has 2 heterocycles. The smallest absolute Gasteiger partial charge is 0.258 e. The van der Waals surface area contributed by atoms with Crippen molar-refractivity contribution in [3.63, 3.8) is 0 Å². The molecule has 1 amide bonds. The van der Waals surface area contributed by atoms with Gasteiger partial charge in [0.05, 0.1) is 17.4 Å². The lowest BCUT2D eigenvalue weighted by Gasteiger charge is -2.23. The zero-order valence-electron chi connectivity index (χ0n) is 13.3. The van der Waals surface area contributed by atoms with E-state index in [4.69, 9.17) is 0 Å². The van der Waals surface area contributed by atoms with E-state index in [0.717, 1.165) is 19.4 Å². The number of likely N-dealkylation sites (tertiary alicyclic amines) is 1. The Labute approximate surface area is 134 Å². The Balaban J connectivity index is 1.75. The Bertz CT molecular complexity index is 756. The molecule has 6 nitrogen and oxygen atoms in total. The number of para-hydroxylation sites is 1. The van der Waals surface area contributed by atoms with Crippen LogP contribution in [0.15, 0.2) is 29.1 Å². The molecular weight excluding hydrogens is 292 g/mol. The highest BCUT2D eigenvalue weighted by molar-refractivity contribution is 5.77. The molecule has 6 heteroatoms. The number of benzene rings is 1. The minimum absolute atomic E-state index is 0.0874. The molecule has 1 fully saturated rings. The fourth-order valence-electron chi connectivity index (χ4n) is 3.22. The van der Waals surface area contributed by atoms with Gasteiger partial charge in [-0.2, -0.15) is 0 Å². The van der Waals surface area contributed by atoms with E-state index in [1.54, 1.807) is 6.07 Å². The molecule has 0 bridgehead atoms. The number of amides is 1. The second-order valence-corrected chi connectivity index (χ2v) is 5.95. The van der Waals surface area contributed by atoms with Crippen LogP contribution in [0.25, 0.3) is 10.9 Å². The second-order valence-electron chi connectivity index (χ2n) is 5.95. The summed E-state index contributed by atoms with van der Waals surface area (Å²) in [6.07, 6.45) is 2.59. The molecule has 122 valence electrons. The number of H-pyrrole nitrogens is 1. The Morgan fingerprint density at radius 1 is 1.43 bits per heavy atom. The fraction of sp³-hybridized carbons (Fsp3) is 0.471.